The lowest BCUT2D eigenvalue weighted by Gasteiger charge is -2.41. The Labute approximate surface area is 165 Å². The van der Waals surface area contributed by atoms with Gasteiger partial charge >= 0.3 is 0 Å². The molecule has 4 aromatic rings. The molecule has 0 fully saturated rings. The summed E-state index contributed by atoms with van der Waals surface area (Å²) >= 11 is 0. The van der Waals surface area contributed by atoms with Crippen molar-refractivity contribution in [3.8, 4) is 0 Å². The van der Waals surface area contributed by atoms with Gasteiger partial charge in [0.25, 0.3) is 0 Å². The van der Waals surface area contributed by atoms with E-state index >= 15 is 0 Å². The van der Waals surface area contributed by atoms with Crippen LogP contribution in [-0.4, -0.2) is 10.3 Å². The Morgan fingerprint density at radius 2 is 1.04 bits per heavy atom. The first kappa shape index (κ1) is 17.2. The molecule has 4 aromatic carbocycles. The fraction of sp³-hybridized carbons (Fsp3) is 0.154. The summed E-state index contributed by atoms with van der Waals surface area (Å²) < 4.78 is 0. The van der Waals surface area contributed by atoms with Crippen molar-refractivity contribution >= 4 is 10.8 Å². The zero-order valence-corrected chi connectivity index (χ0v) is 16.1. The van der Waals surface area contributed by atoms with Crippen molar-refractivity contribution in [3.63, 3.8) is 0 Å². The van der Waals surface area contributed by atoms with Crippen LogP contribution in [0.1, 0.15) is 45.5 Å². The molecule has 0 aliphatic carbocycles. The third-order valence-electron chi connectivity index (χ3n) is 6.01. The summed E-state index contributed by atoms with van der Waals surface area (Å²) in [7, 11) is 0. The molecule has 0 saturated carbocycles. The number of rotatable bonds is 2. The van der Waals surface area contributed by atoms with E-state index < -0.39 is 0 Å². The van der Waals surface area contributed by atoms with E-state index in [1.165, 1.54) is 33.0 Å². The minimum Gasteiger partial charge on any atom is -0.312 e. The summed E-state index contributed by atoms with van der Waals surface area (Å²) in [5, 5.41) is 15.7. The van der Waals surface area contributed by atoms with Crippen LogP contribution >= 0.6 is 0 Å². The van der Waals surface area contributed by atoms with E-state index in [0.29, 0.717) is 0 Å². The lowest BCUT2D eigenvalue weighted by atomic mass is 9.78. The number of hydrogen-bond donors (Lipinski definition) is 1. The predicted octanol–water partition coefficient (Wildman–Crippen LogP) is 6.34. The third kappa shape index (κ3) is 2.50. The molecular weight excluding hydrogens is 342 g/mol. The van der Waals surface area contributed by atoms with E-state index in [1.807, 2.05) is 36.4 Å². The van der Waals surface area contributed by atoms with E-state index in [1.54, 1.807) is 5.06 Å². The van der Waals surface area contributed by atoms with Gasteiger partial charge in [0.1, 0.15) is 0 Å². The first-order valence-electron chi connectivity index (χ1n) is 9.76. The Morgan fingerprint density at radius 1 is 0.607 bits per heavy atom. The van der Waals surface area contributed by atoms with Crippen molar-refractivity contribution in [1.29, 1.82) is 0 Å². The number of hydrogen-bond acceptors (Lipinski definition) is 2. The van der Waals surface area contributed by atoms with E-state index in [0.717, 1.165) is 11.1 Å². The van der Waals surface area contributed by atoms with Crippen LogP contribution in [0.15, 0.2) is 84.9 Å². The molecule has 0 bridgehead atoms. The van der Waals surface area contributed by atoms with E-state index in [4.69, 9.17) is 0 Å². The van der Waals surface area contributed by atoms with Crippen molar-refractivity contribution in [2.45, 2.75) is 25.9 Å². The minimum absolute atomic E-state index is 0.204. The molecule has 138 valence electrons. The Hall–Kier alpha value is -2.94. The molecule has 2 heteroatoms. The van der Waals surface area contributed by atoms with Gasteiger partial charge in [-0.15, -0.1) is 0 Å². The highest BCUT2D eigenvalue weighted by Gasteiger charge is 2.38. The minimum atomic E-state index is -0.204. The maximum Gasteiger partial charge on any atom is 0.0869 e. The third-order valence-corrected chi connectivity index (χ3v) is 6.01. The summed E-state index contributed by atoms with van der Waals surface area (Å²) in [6.45, 7) is 4.29. The Morgan fingerprint density at radius 3 is 1.46 bits per heavy atom. The molecule has 0 saturated heterocycles. The highest BCUT2D eigenvalue weighted by molar-refractivity contribution is 5.93. The summed E-state index contributed by atoms with van der Waals surface area (Å²) in [5.74, 6) is 0. The lowest BCUT2D eigenvalue weighted by Crippen LogP contribution is -2.36. The maximum absolute atomic E-state index is 11.6. The van der Waals surface area contributed by atoms with E-state index in [9.17, 15) is 5.21 Å². The number of hydroxylamine groups is 2. The Balaban J connectivity index is 1.90. The average molecular weight is 365 g/mol. The van der Waals surface area contributed by atoms with Gasteiger partial charge in [0, 0.05) is 0 Å². The molecule has 1 aliphatic rings. The van der Waals surface area contributed by atoms with Crippen molar-refractivity contribution in [3.05, 3.63) is 118 Å². The monoisotopic (exact) mass is 365 g/mol. The van der Waals surface area contributed by atoms with Gasteiger partial charge in [0.05, 0.1) is 12.1 Å². The standard InChI is InChI=1S/C26H23NO/c1-17-13-15-19-16-14-18(2)23-24(19)22(17)25(20-9-5-3-6-10-20)27(28)26(23)21-11-7-4-8-12-21/h3-16,25-26,28H,1-2H3/t25-,26-/m0/s1. The second-order valence-electron chi connectivity index (χ2n) is 7.70. The second-order valence-corrected chi connectivity index (χ2v) is 7.70. The van der Waals surface area contributed by atoms with Crippen LogP contribution in [0.3, 0.4) is 0 Å². The zero-order chi connectivity index (χ0) is 19.3. The van der Waals surface area contributed by atoms with Crippen molar-refractivity contribution in [1.82, 2.24) is 5.06 Å². The van der Waals surface area contributed by atoms with E-state index in [2.05, 4.69) is 62.4 Å². The smallest absolute Gasteiger partial charge is 0.0869 e. The fourth-order valence-electron chi connectivity index (χ4n) is 4.71. The molecule has 0 spiro atoms. The first-order chi connectivity index (χ1) is 13.7. The topological polar surface area (TPSA) is 23.5 Å². The highest BCUT2D eigenvalue weighted by Crippen LogP contribution is 2.49. The van der Waals surface area contributed by atoms with Gasteiger partial charge in [0.2, 0.25) is 0 Å². The predicted molar refractivity (Wildman–Crippen MR) is 114 cm³/mol. The highest BCUT2D eigenvalue weighted by atomic mass is 16.5. The molecular formula is C26H23NO. The van der Waals surface area contributed by atoms with Crippen LogP contribution in [0.25, 0.3) is 10.8 Å². The number of nitrogens with zero attached hydrogens (tertiary/aromatic N) is 1. The van der Waals surface area contributed by atoms with Crippen LogP contribution in [-0.2, 0) is 0 Å². The molecule has 0 aromatic heterocycles. The molecule has 1 aliphatic heterocycles. The number of aryl methyl sites for hydroxylation is 2. The van der Waals surface area contributed by atoms with Crippen molar-refractivity contribution in [2.24, 2.45) is 0 Å². The van der Waals surface area contributed by atoms with Crippen LogP contribution in [0, 0.1) is 13.8 Å². The van der Waals surface area contributed by atoms with Gasteiger partial charge < -0.3 is 5.21 Å². The van der Waals surface area contributed by atoms with Gasteiger partial charge in [0.15, 0.2) is 0 Å². The molecule has 2 nitrogen and oxygen atoms in total. The van der Waals surface area contributed by atoms with Gasteiger partial charge in [-0.05, 0) is 58.0 Å². The van der Waals surface area contributed by atoms with Crippen LogP contribution in [0.4, 0.5) is 0 Å². The van der Waals surface area contributed by atoms with Crippen LogP contribution in [0.2, 0.25) is 0 Å². The van der Waals surface area contributed by atoms with Crippen LogP contribution < -0.4 is 0 Å². The largest absolute Gasteiger partial charge is 0.312 e. The molecule has 2 atom stereocenters. The van der Waals surface area contributed by atoms with Crippen LogP contribution in [0.5, 0.6) is 0 Å². The van der Waals surface area contributed by atoms with E-state index in [-0.39, 0.29) is 12.1 Å². The normalized spacial score (nSPS) is 19.1. The molecule has 0 unspecified atom stereocenters. The molecule has 0 radical (unpaired) electrons. The zero-order valence-electron chi connectivity index (χ0n) is 16.1. The van der Waals surface area contributed by atoms with Gasteiger partial charge in [-0.1, -0.05) is 84.9 Å². The molecule has 28 heavy (non-hydrogen) atoms. The summed E-state index contributed by atoms with van der Waals surface area (Å²) in [6, 6.07) is 29.0. The summed E-state index contributed by atoms with van der Waals surface area (Å²) in [5.41, 5.74) is 7.04. The number of benzene rings is 4. The SMILES string of the molecule is Cc1ccc2ccc(C)c3c2c1[C@H](c1ccccc1)N(O)[C@H]3c1ccccc1. The summed E-state index contributed by atoms with van der Waals surface area (Å²) in [6.07, 6.45) is 0. The van der Waals surface area contributed by atoms with Crippen molar-refractivity contribution < 1.29 is 5.21 Å². The first-order valence-corrected chi connectivity index (χ1v) is 9.76. The van der Waals surface area contributed by atoms with Gasteiger partial charge in [-0.25, -0.2) is 0 Å². The maximum atomic E-state index is 11.6. The molecule has 1 N–H and O–H groups in total. The Bertz CT molecular complexity index is 1060. The second kappa shape index (κ2) is 6.59. The van der Waals surface area contributed by atoms with Crippen molar-refractivity contribution in [2.75, 3.05) is 0 Å². The summed E-state index contributed by atoms with van der Waals surface area (Å²) in [4.78, 5) is 0. The average Bonchev–Trinajstić information content (AvgIpc) is 2.73. The van der Waals surface area contributed by atoms with Gasteiger partial charge in [-0.2, -0.15) is 5.06 Å². The molecule has 0 amide bonds. The quantitative estimate of drug-likeness (QED) is 0.448. The molecule has 5 rings (SSSR count). The van der Waals surface area contributed by atoms with Gasteiger partial charge in [-0.3, -0.25) is 0 Å². The molecule has 1 heterocycles. The fourth-order valence-corrected chi connectivity index (χ4v) is 4.71. The lowest BCUT2D eigenvalue weighted by molar-refractivity contribution is -0.144. The Kier molecular flexibility index (Phi) is 4.04.